The molecule has 0 radical (unpaired) electrons. The molecular weight excluding hydrogens is 283 g/mol. The predicted molar refractivity (Wildman–Crippen MR) is 62.8 cm³/mol. The molecule has 0 N–H and O–H groups in total. The molecule has 0 atom stereocenters. The van der Waals surface area contributed by atoms with Crippen LogP contribution in [0.3, 0.4) is 0 Å². The smallest absolute Gasteiger partial charge is 0.411 e. The van der Waals surface area contributed by atoms with Crippen molar-refractivity contribution in [3.63, 3.8) is 0 Å². The molecule has 4 nitrogen and oxygen atoms in total. The van der Waals surface area contributed by atoms with E-state index in [0.717, 1.165) is 0 Å². The first-order valence-electron chi connectivity index (χ1n) is 5.64. The summed E-state index contributed by atoms with van der Waals surface area (Å²) in [6.45, 7) is 0.581. The first kappa shape index (κ1) is 15.9. The highest BCUT2D eigenvalue weighted by Gasteiger charge is 2.27. The molecule has 0 spiro atoms. The quantitative estimate of drug-likeness (QED) is 0.726. The van der Waals surface area contributed by atoms with E-state index in [1.807, 2.05) is 0 Å². The Hall–Kier alpha value is -1.15. The number of nitrogens with zero attached hydrogens (tertiary/aromatic N) is 1. The lowest BCUT2D eigenvalue weighted by molar-refractivity contribution is -0.176. The van der Waals surface area contributed by atoms with Gasteiger partial charge in [0.25, 0.3) is 0 Å². The molecule has 0 amide bonds. The van der Waals surface area contributed by atoms with Crippen LogP contribution in [0.25, 0.3) is 0 Å². The van der Waals surface area contributed by atoms with Crippen molar-refractivity contribution in [2.24, 2.45) is 0 Å². The highest BCUT2D eigenvalue weighted by atomic mass is 32.1. The second kappa shape index (κ2) is 7.44. The molecule has 0 fully saturated rings. The summed E-state index contributed by atoms with van der Waals surface area (Å²) in [7, 11) is 0. The third-order valence-corrected chi connectivity index (χ3v) is 2.85. The number of aromatic nitrogens is 1. The van der Waals surface area contributed by atoms with E-state index in [2.05, 4.69) is 9.72 Å². The minimum Gasteiger partial charge on any atom is -0.466 e. The Bertz CT molecular complexity index is 406. The highest BCUT2D eigenvalue weighted by Crippen LogP contribution is 2.17. The van der Waals surface area contributed by atoms with Gasteiger partial charge in [-0.05, 0) is 6.92 Å². The molecule has 0 aromatic carbocycles. The van der Waals surface area contributed by atoms with Crippen LogP contribution in [0.15, 0.2) is 5.38 Å². The summed E-state index contributed by atoms with van der Waals surface area (Å²) in [4.78, 5) is 15.2. The van der Waals surface area contributed by atoms with Crippen molar-refractivity contribution in [2.45, 2.75) is 32.5 Å². The molecule has 8 heteroatoms. The fraction of sp³-hybridized carbons (Fsp3) is 0.636. The lowest BCUT2D eigenvalue weighted by Gasteiger charge is -2.05. The third kappa shape index (κ3) is 7.12. The van der Waals surface area contributed by atoms with Gasteiger partial charge in [0, 0.05) is 11.8 Å². The van der Waals surface area contributed by atoms with Gasteiger partial charge in [-0.2, -0.15) is 13.2 Å². The second-order valence-electron chi connectivity index (χ2n) is 3.65. The van der Waals surface area contributed by atoms with Crippen molar-refractivity contribution in [3.05, 3.63) is 16.1 Å². The van der Waals surface area contributed by atoms with Crippen molar-refractivity contribution < 1.29 is 27.4 Å². The number of aryl methyl sites for hydroxylation is 1. The summed E-state index contributed by atoms with van der Waals surface area (Å²) >= 11 is 1.21. The average Bonchev–Trinajstić information content (AvgIpc) is 2.73. The molecule has 0 saturated heterocycles. The summed E-state index contributed by atoms with van der Waals surface area (Å²) in [5, 5.41) is 2.16. The lowest BCUT2D eigenvalue weighted by Crippen LogP contribution is -2.16. The van der Waals surface area contributed by atoms with Gasteiger partial charge in [0.2, 0.25) is 0 Å². The first-order valence-corrected chi connectivity index (χ1v) is 6.52. The molecule has 1 heterocycles. The molecule has 0 unspecified atom stereocenters. The number of carbonyl (C=O) groups excluding carboxylic acids is 1. The normalized spacial score (nSPS) is 11.6. The summed E-state index contributed by atoms with van der Waals surface area (Å²) in [5.41, 5.74) is 0.656. The monoisotopic (exact) mass is 297 g/mol. The van der Waals surface area contributed by atoms with Gasteiger partial charge in [0.15, 0.2) is 0 Å². The van der Waals surface area contributed by atoms with E-state index < -0.39 is 12.8 Å². The van der Waals surface area contributed by atoms with E-state index in [4.69, 9.17) is 4.74 Å². The highest BCUT2D eigenvalue weighted by molar-refractivity contribution is 7.09. The van der Waals surface area contributed by atoms with E-state index in [1.165, 1.54) is 11.3 Å². The molecule has 0 bridgehead atoms. The first-order chi connectivity index (χ1) is 8.90. The average molecular weight is 297 g/mol. The second-order valence-corrected chi connectivity index (χ2v) is 4.59. The van der Waals surface area contributed by atoms with Gasteiger partial charge in [-0.25, -0.2) is 4.98 Å². The van der Waals surface area contributed by atoms with Crippen LogP contribution in [0, 0.1) is 0 Å². The zero-order valence-corrected chi connectivity index (χ0v) is 11.1. The summed E-state index contributed by atoms with van der Waals surface area (Å²) < 4.78 is 44.8. The Morgan fingerprint density at radius 3 is 2.84 bits per heavy atom. The lowest BCUT2D eigenvalue weighted by atomic mass is 10.2. The van der Waals surface area contributed by atoms with Gasteiger partial charge < -0.3 is 9.47 Å². The van der Waals surface area contributed by atoms with Crippen molar-refractivity contribution in [3.8, 4) is 0 Å². The van der Waals surface area contributed by atoms with Gasteiger partial charge in [-0.15, -0.1) is 11.3 Å². The van der Waals surface area contributed by atoms with Crippen molar-refractivity contribution in [2.75, 3.05) is 13.2 Å². The molecule has 0 aliphatic rings. The Morgan fingerprint density at radius 1 is 1.47 bits per heavy atom. The maximum atomic E-state index is 11.9. The van der Waals surface area contributed by atoms with E-state index in [0.29, 0.717) is 23.7 Å². The number of rotatable bonds is 7. The topological polar surface area (TPSA) is 48.4 Å². The molecule has 0 saturated carbocycles. The van der Waals surface area contributed by atoms with Crippen LogP contribution < -0.4 is 0 Å². The summed E-state index contributed by atoms with van der Waals surface area (Å²) in [6, 6.07) is 0. The number of esters is 1. The SMILES string of the molecule is CCOC(=O)CCc1csc(COCC(F)(F)F)n1. The predicted octanol–water partition coefficient (Wildman–Crippen LogP) is 2.72. The molecule has 19 heavy (non-hydrogen) atoms. The van der Waals surface area contributed by atoms with E-state index in [1.54, 1.807) is 12.3 Å². The number of carbonyl (C=O) groups is 1. The minimum absolute atomic E-state index is 0.177. The number of ether oxygens (including phenoxy) is 2. The summed E-state index contributed by atoms with van der Waals surface area (Å²) in [6.07, 6.45) is -3.71. The standard InChI is InChI=1S/C11H14F3NO3S/c1-2-18-10(16)4-3-8-6-19-9(15-8)5-17-7-11(12,13)14/h6H,2-5,7H2,1H3. The van der Waals surface area contributed by atoms with Crippen LogP contribution >= 0.6 is 11.3 Å². The maximum Gasteiger partial charge on any atom is 0.411 e. The fourth-order valence-corrected chi connectivity index (χ4v) is 2.01. The van der Waals surface area contributed by atoms with E-state index in [-0.39, 0.29) is 19.0 Å². The maximum absolute atomic E-state index is 11.9. The van der Waals surface area contributed by atoms with Crippen LogP contribution in [0.2, 0.25) is 0 Å². The largest absolute Gasteiger partial charge is 0.466 e. The third-order valence-electron chi connectivity index (χ3n) is 1.98. The Labute approximate surface area is 112 Å². The summed E-state index contributed by atoms with van der Waals surface area (Å²) in [5.74, 6) is -0.314. The van der Waals surface area contributed by atoms with Crippen molar-refractivity contribution in [1.82, 2.24) is 4.98 Å². The number of hydrogen-bond acceptors (Lipinski definition) is 5. The number of thiazole rings is 1. The van der Waals surface area contributed by atoms with Crippen LogP contribution in [0.4, 0.5) is 13.2 Å². The van der Waals surface area contributed by atoms with Crippen molar-refractivity contribution in [1.29, 1.82) is 0 Å². The Morgan fingerprint density at radius 2 is 2.21 bits per heavy atom. The van der Waals surface area contributed by atoms with E-state index in [9.17, 15) is 18.0 Å². The number of halogens is 3. The molecule has 108 valence electrons. The van der Waals surface area contributed by atoms with E-state index >= 15 is 0 Å². The zero-order chi connectivity index (χ0) is 14.3. The van der Waals surface area contributed by atoms with Gasteiger partial charge in [0.1, 0.15) is 11.6 Å². The Balaban J connectivity index is 2.30. The number of hydrogen-bond donors (Lipinski definition) is 0. The molecule has 1 rings (SSSR count). The van der Waals surface area contributed by atoms with Crippen LogP contribution in [0.5, 0.6) is 0 Å². The molecule has 0 aliphatic carbocycles. The molecule has 0 aliphatic heterocycles. The zero-order valence-electron chi connectivity index (χ0n) is 10.3. The number of alkyl halides is 3. The molecule has 1 aromatic rings. The van der Waals surface area contributed by atoms with Crippen LogP contribution in [0.1, 0.15) is 24.0 Å². The van der Waals surface area contributed by atoms with Crippen LogP contribution in [-0.2, 0) is 27.3 Å². The minimum atomic E-state index is -4.33. The molecular formula is C11H14F3NO3S. The van der Waals surface area contributed by atoms with Gasteiger partial charge >= 0.3 is 12.1 Å². The van der Waals surface area contributed by atoms with Gasteiger partial charge in [-0.1, -0.05) is 0 Å². The van der Waals surface area contributed by atoms with Gasteiger partial charge in [0.05, 0.1) is 25.3 Å². The van der Waals surface area contributed by atoms with Crippen molar-refractivity contribution >= 4 is 17.3 Å². The Kier molecular flexibility index (Phi) is 6.23. The van der Waals surface area contributed by atoms with Crippen LogP contribution in [-0.4, -0.2) is 30.3 Å². The molecule has 1 aromatic heterocycles. The fourth-order valence-electron chi connectivity index (χ4n) is 1.25. The van der Waals surface area contributed by atoms with Gasteiger partial charge in [-0.3, -0.25) is 4.79 Å².